The van der Waals surface area contributed by atoms with Gasteiger partial charge in [0.15, 0.2) is 0 Å². The van der Waals surface area contributed by atoms with Gasteiger partial charge in [-0.2, -0.15) is 0 Å². The number of hydrogen-bond donors (Lipinski definition) is 1. The lowest BCUT2D eigenvalue weighted by molar-refractivity contribution is 0.423. The first-order valence-electron chi connectivity index (χ1n) is 6.44. The van der Waals surface area contributed by atoms with Gasteiger partial charge in [0.1, 0.15) is 0 Å². The lowest BCUT2D eigenvalue weighted by Gasteiger charge is -2.20. The van der Waals surface area contributed by atoms with Gasteiger partial charge in [-0.05, 0) is 57.2 Å². The number of benzene rings is 1. The molecule has 2 unspecified atom stereocenters. The van der Waals surface area contributed by atoms with Crippen LogP contribution in [0.2, 0.25) is 0 Å². The number of hydrogen-bond acceptors (Lipinski definition) is 1. The van der Waals surface area contributed by atoms with E-state index >= 15 is 0 Å². The SMILES string of the molecule is CNC1CCCC1Cc1ccc(C)cc1C. The van der Waals surface area contributed by atoms with Crippen molar-refractivity contribution >= 4 is 0 Å². The second-order valence-electron chi connectivity index (χ2n) is 5.22. The molecule has 1 aromatic rings. The van der Waals surface area contributed by atoms with E-state index in [4.69, 9.17) is 0 Å². The topological polar surface area (TPSA) is 12.0 Å². The molecule has 0 aliphatic heterocycles. The van der Waals surface area contributed by atoms with Crippen molar-refractivity contribution in [1.29, 1.82) is 0 Å². The van der Waals surface area contributed by atoms with Crippen LogP contribution in [-0.2, 0) is 6.42 Å². The molecule has 0 aromatic heterocycles. The highest BCUT2D eigenvalue weighted by molar-refractivity contribution is 5.30. The Bertz CT molecular complexity index is 356. The van der Waals surface area contributed by atoms with Gasteiger partial charge in [-0.25, -0.2) is 0 Å². The molecule has 1 saturated carbocycles. The van der Waals surface area contributed by atoms with Crippen molar-refractivity contribution in [2.24, 2.45) is 5.92 Å². The third kappa shape index (κ3) is 2.46. The van der Waals surface area contributed by atoms with Gasteiger partial charge in [-0.15, -0.1) is 0 Å². The van der Waals surface area contributed by atoms with Crippen molar-refractivity contribution in [2.45, 2.75) is 45.6 Å². The molecule has 0 heterocycles. The predicted octanol–water partition coefficient (Wildman–Crippen LogP) is 3.23. The molecule has 1 aliphatic rings. The van der Waals surface area contributed by atoms with Crippen LogP contribution >= 0.6 is 0 Å². The minimum absolute atomic E-state index is 0.737. The fraction of sp³-hybridized carbons (Fsp3) is 0.600. The van der Waals surface area contributed by atoms with E-state index in [1.807, 2.05) is 0 Å². The molecule has 0 bridgehead atoms. The summed E-state index contributed by atoms with van der Waals surface area (Å²) in [5, 5.41) is 3.47. The minimum atomic E-state index is 0.737. The zero-order valence-corrected chi connectivity index (χ0v) is 10.7. The molecule has 2 rings (SSSR count). The van der Waals surface area contributed by atoms with E-state index in [1.54, 1.807) is 0 Å². The molecule has 1 aromatic carbocycles. The molecular weight excluding hydrogens is 194 g/mol. The number of rotatable bonds is 3. The van der Waals surface area contributed by atoms with Crippen LogP contribution in [0.3, 0.4) is 0 Å². The van der Waals surface area contributed by atoms with E-state index in [1.165, 1.54) is 42.4 Å². The molecule has 0 amide bonds. The van der Waals surface area contributed by atoms with Crippen molar-refractivity contribution in [3.05, 3.63) is 34.9 Å². The lowest BCUT2D eigenvalue weighted by Crippen LogP contribution is -2.30. The van der Waals surface area contributed by atoms with Crippen LogP contribution in [0.25, 0.3) is 0 Å². The summed E-state index contributed by atoms with van der Waals surface area (Å²) in [6, 6.07) is 7.60. The normalized spacial score (nSPS) is 24.9. The fourth-order valence-electron chi connectivity index (χ4n) is 3.02. The average Bonchev–Trinajstić information content (AvgIpc) is 2.69. The summed E-state index contributed by atoms with van der Waals surface area (Å²) < 4.78 is 0. The Labute approximate surface area is 99.3 Å². The highest BCUT2D eigenvalue weighted by Crippen LogP contribution is 2.29. The van der Waals surface area contributed by atoms with E-state index in [0.717, 1.165) is 12.0 Å². The van der Waals surface area contributed by atoms with Gasteiger partial charge >= 0.3 is 0 Å². The first kappa shape index (κ1) is 11.7. The summed E-state index contributed by atoms with van der Waals surface area (Å²) in [5.41, 5.74) is 4.37. The summed E-state index contributed by atoms with van der Waals surface area (Å²) in [7, 11) is 2.10. The lowest BCUT2D eigenvalue weighted by atomic mass is 9.92. The Morgan fingerprint density at radius 3 is 2.75 bits per heavy atom. The Balaban J connectivity index is 2.08. The first-order valence-corrected chi connectivity index (χ1v) is 6.44. The predicted molar refractivity (Wildman–Crippen MR) is 69.8 cm³/mol. The molecule has 2 atom stereocenters. The Morgan fingerprint density at radius 1 is 1.25 bits per heavy atom. The second-order valence-corrected chi connectivity index (χ2v) is 5.22. The highest BCUT2D eigenvalue weighted by atomic mass is 14.9. The van der Waals surface area contributed by atoms with E-state index in [2.05, 4.69) is 44.4 Å². The van der Waals surface area contributed by atoms with E-state index in [-0.39, 0.29) is 0 Å². The third-order valence-electron chi connectivity index (χ3n) is 4.01. The summed E-state index contributed by atoms with van der Waals surface area (Å²) in [6.07, 6.45) is 5.38. The number of aryl methyl sites for hydroxylation is 2. The van der Waals surface area contributed by atoms with Crippen LogP contribution in [-0.4, -0.2) is 13.1 Å². The molecule has 88 valence electrons. The van der Waals surface area contributed by atoms with Gasteiger partial charge < -0.3 is 5.32 Å². The van der Waals surface area contributed by atoms with Crippen molar-refractivity contribution in [2.75, 3.05) is 7.05 Å². The fourth-order valence-corrected chi connectivity index (χ4v) is 3.02. The summed E-state index contributed by atoms with van der Waals surface area (Å²) in [5.74, 6) is 0.839. The summed E-state index contributed by atoms with van der Waals surface area (Å²) in [6.45, 7) is 4.41. The largest absolute Gasteiger partial charge is 0.317 e. The van der Waals surface area contributed by atoms with Crippen LogP contribution in [0.1, 0.15) is 36.0 Å². The van der Waals surface area contributed by atoms with E-state index in [9.17, 15) is 0 Å². The monoisotopic (exact) mass is 217 g/mol. The molecule has 1 aliphatic carbocycles. The zero-order valence-electron chi connectivity index (χ0n) is 10.7. The Hall–Kier alpha value is -0.820. The third-order valence-corrected chi connectivity index (χ3v) is 4.01. The first-order chi connectivity index (χ1) is 7.70. The maximum absolute atomic E-state index is 3.47. The molecule has 1 N–H and O–H groups in total. The molecule has 0 saturated heterocycles. The highest BCUT2D eigenvalue weighted by Gasteiger charge is 2.26. The molecule has 1 fully saturated rings. The second kappa shape index (κ2) is 5.01. The van der Waals surface area contributed by atoms with Crippen LogP contribution in [0.4, 0.5) is 0 Å². The maximum Gasteiger partial charge on any atom is 0.00955 e. The van der Waals surface area contributed by atoms with Gasteiger partial charge in [-0.1, -0.05) is 30.2 Å². The van der Waals surface area contributed by atoms with Gasteiger partial charge in [0.25, 0.3) is 0 Å². The molecule has 0 radical (unpaired) electrons. The van der Waals surface area contributed by atoms with Crippen molar-refractivity contribution < 1.29 is 0 Å². The molecule has 0 spiro atoms. The zero-order chi connectivity index (χ0) is 11.5. The molecule has 1 nitrogen and oxygen atoms in total. The van der Waals surface area contributed by atoms with Crippen LogP contribution < -0.4 is 5.32 Å². The smallest absolute Gasteiger partial charge is 0.00955 e. The van der Waals surface area contributed by atoms with Gasteiger partial charge in [-0.3, -0.25) is 0 Å². The van der Waals surface area contributed by atoms with Crippen LogP contribution in [0, 0.1) is 19.8 Å². The quantitative estimate of drug-likeness (QED) is 0.819. The summed E-state index contributed by atoms with van der Waals surface area (Å²) >= 11 is 0. The maximum atomic E-state index is 3.47. The van der Waals surface area contributed by atoms with Gasteiger partial charge in [0.2, 0.25) is 0 Å². The van der Waals surface area contributed by atoms with Crippen molar-refractivity contribution in [1.82, 2.24) is 5.32 Å². The van der Waals surface area contributed by atoms with E-state index < -0.39 is 0 Å². The van der Waals surface area contributed by atoms with Crippen molar-refractivity contribution in [3.8, 4) is 0 Å². The molecule has 1 heteroatoms. The number of nitrogens with one attached hydrogen (secondary N) is 1. The molecular formula is C15H23N. The van der Waals surface area contributed by atoms with Crippen LogP contribution in [0.15, 0.2) is 18.2 Å². The standard InChI is InChI=1S/C15H23N/c1-11-7-8-13(12(2)9-11)10-14-5-4-6-15(14)16-3/h7-9,14-16H,4-6,10H2,1-3H3. The minimum Gasteiger partial charge on any atom is -0.317 e. The van der Waals surface area contributed by atoms with Crippen molar-refractivity contribution in [3.63, 3.8) is 0 Å². The average molecular weight is 217 g/mol. The molecule has 16 heavy (non-hydrogen) atoms. The van der Waals surface area contributed by atoms with Crippen LogP contribution in [0.5, 0.6) is 0 Å². The Morgan fingerprint density at radius 2 is 2.06 bits per heavy atom. The van der Waals surface area contributed by atoms with E-state index in [0.29, 0.717) is 0 Å². The Kier molecular flexibility index (Phi) is 3.65. The van der Waals surface area contributed by atoms with Gasteiger partial charge in [0.05, 0.1) is 0 Å². The summed E-state index contributed by atoms with van der Waals surface area (Å²) in [4.78, 5) is 0. The van der Waals surface area contributed by atoms with Gasteiger partial charge in [0, 0.05) is 6.04 Å².